The molecule has 186 valence electrons. The van der Waals surface area contributed by atoms with Gasteiger partial charge >= 0.3 is 0 Å². The molecule has 0 saturated carbocycles. The summed E-state index contributed by atoms with van der Waals surface area (Å²) >= 11 is 0. The number of amides is 1. The van der Waals surface area contributed by atoms with E-state index >= 15 is 0 Å². The summed E-state index contributed by atoms with van der Waals surface area (Å²) in [6, 6.07) is 8.46. The van der Waals surface area contributed by atoms with E-state index in [1.807, 2.05) is 38.1 Å². The summed E-state index contributed by atoms with van der Waals surface area (Å²) in [6.45, 7) is 7.78. The van der Waals surface area contributed by atoms with E-state index in [9.17, 15) is 9.18 Å². The highest BCUT2D eigenvalue weighted by Crippen LogP contribution is 2.29. The van der Waals surface area contributed by atoms with Crippen molar-refractivity contribution in [2.24, 2.45) is 0 Å². The molecular weight excluding hydrogens is 447 g/mol. The molecule has 1 unspecified atom stereocenters. The number of rotatable bonds is 8. The van der Waals surface area contributed by atoms with Crippen LogP contribution < -0.4 is 15.5 Å². The van der Waals surface area contributed by atoms with E-state index in [4.69, 9.17) is 9.72 Å². The highest BCUT2D eigenvalue weighted by atomic mass is 19.1. The van der Waals surface area contributed by atoms with Crippen LogP contribution in [-0.4, -0.2) is 74.3 Å². The second kappa shape index (κ2) is 11.0. The van der Waals surface area contributed by atoms with Gasteiger partial charge in [-0.05, 0) is 57.8 Å². The van der Waals surface area contributed by atoms with Crippen LogP contribution in [0.5, 0.6) is 0 Å². The number of ether oxygens (including phenoxy) is 1. The van der Waals surface area contributed by atoms with Crippen LogP contribution in [0.25, 0.3) is 11.0 Å². The van der Waals surface area contributed by atoms with Crippen molar-refractivity contribution in [1.82, 2.24) is 20.2 Å². The molecule has 1 aliphatic heterocycles. The zero-order valence-corrected chi connectivity index (χ0v) is 20.8. The number of benzene rings is 2. The quantitative estimate of drug-likeness (QED) is 0.512. The number of anilines is 2. The number of nitrogens with one attached hydrogen (secondary N) is 2. The van der Waals surface area contributed by atoms with Crippen molar-refractivity contribution in [2.45, 2.75) is 19.9 Å². The monoisotopic (exact) mass is 480 g/mol. The van der Waals surface area contributed by atoms with E-state index in [2.05, 4.69) is 20.5 Å². The molecule has 1 saturated heterocycles. The van der Waals surface area contributed by atoms with Gasteiger partial charge in [-0.3, -0.25) is 9.78 Å². The number of morpholine rings is 1. The average Bonchev–Trinajstić information content (AvgIpc) is 2.85. The molecule has 0 aliphatic carbocycles. The van der Waals surface area contributed by atoms with Crippen LogP contribution in [0.3, 0.4) is 0 Å². The molecule has 9 heteroatoms. The Labute approximate surface area is 205 Å². The standard InChI is InChI=1S/C26H33FN6O2/c1-17-5-6-20(15-22(17)27)30-18(2)21-13-19(26(34)28-7-8-32(3)4)14-23-25(21)31-24(16-29-23)33-9-11-35-12-10-33/h5-6,13-16,18,30H,7-12H2,1-4H3,(H,28,34). The average molecular weight is 481 g/mol. The van der Waals surface area contributed by atoms with E-state index in [1.165, 1.54) is 6.07 Å². The summed E-state index contributed by atoms with van der Waals surface area (Å²) in [7, 11) is 3.92. The first-order chi connectivity index (χ1) is 16.8. The molecule has 2 heterocycles. The molecule has 3 aromatic rings. The molecule has 1 aromatic heterocycles. The molecule has 4 rings (SSSR count). The molecule has 0 radical (unpaired) electrons. The molecule has 8 nitrogen and oxygen atoms in total. The number of carbonyl (C=O) groups excluding carboxylic acids is 1. The summed E-state index contributed by atoms with van der Waals surface area (Å²) < 4.78 is 19.6. The Bertz CT molecular complexity index is 1200. The number of aromatic nitrogens is 2. The highest BCUT2D eigenvalue weighted by Gasteiger charge is 2.19. The lowest BCUT2D eigenvalue weighted by atomic mass is 10.0. The SMILES string of the molecule is Cc1ccc(NC(C)c2cc(C(=O)NCCN(C)C)cc3ncc(N4CCOCC4)nc23)cc1F. The molecule has 1 fully saturated rings. The van der Waals surface area contributed by atoms with Crippen molar-refractivity contribution < 1.29 is 13.9 Å². The van der Waals surface area contributed by atoms with E-state index < -0.39 is 0 Å². The Balaban J connectivity index is 1.70. The van der Waals surface area contributed by atoms with E-state index in [0.29, 0.717) is 47.6 Å². The van der Waals surface area contributed by atoms with Crippen LogP contribution in [0, 0.1) is 12.7 Å². The minimum Gasteiger partial charge on any atom is -0.378 e. The van der Waals surface area contributed by atoms with Crippen molar-refractivity contribution in [3.05, 3.63) is 59.0 Å². The fraction of sp³-hybridized carbons (Fsp3) is 0.423. The maximum atomic E-state index is 14.2. The van der Waals surface area contributed by atoms with Gasteiger partial charge in [0.1, 0.15) is 11.6 Å². The van der Waals surface area contributed by atoms with Crippen LogP contribution in [0.4, 0.5) is 15.9 Å². The first-order valence-corrected chi connectivity index (χ1v) is 11.9. The smallest absolute Gasteiger partial charge is 0.251 e. The van der Waals surface area contributed by atoms with Gasteiger partial charge in [0.05, 0.1) is 36.5 Å². The van der Waals surface area contributed by atoms with Gasteiger partial charge in [-0.25, -0.2) is 9.37 Å². The Morgan fingerprint density at radius 1 is 1.23 bits per heavy atom. The molecule has 0 spiro atoms. The summed E-state index contributed by atoms with van der Waals surface area (Å²) in [5.41, 5.74) is 3.94. The van der Waals surface area contributed by atoms with Crippen LogP contribution in [0.1, 0.15) is 34.5 Å². The van der Waals surface area contributed by atoms with Gasteiger partial charge in [-0.2, -0.15) is 0 Å². The molecule has 2 aromatic carbocycles. The third kappa shape index (κ3) is 6.04. The minimum atomic E-state index is -0.268. The van der Waals surface area contributed by atoms with Crippen molar-refractivity contribution >= 4 is 28.4 Å². The van der Waals surface area contributed by atoms with E-state index in [0.717, 1.165) is 31.0 Å². The third-order valence-electron chi connectivity index (χ3n) is 6.13. The van der Waals surface area contributed by atoms with Gasteiger partial charge < -0.3 is 25.2 Å². The number of aryl methyl sites for hydroxylation is 1. The molecule has 1 amide bonds. The van der Waals surface area contributed by atoms with Crippen LogP contribution in [0.2, 0.25) is 0 Å². The number of nitrogens with zero attached hydrogens (tertiary/aromatic N) is 4. The number of carbonyl (C=O) groups is 1. The van der Waals surface area contributed by atoms with Crippen molar-refractivity contribution in [1.29, 1.82) is 0 Å². The van der Waals surface area contributed by atoms with Crippen LogP contribution in [-0.2, 0) is 4.74 Å². The fourth-order valence-corrected chi connectivity index (χ4v) is 4.04. The maximum absolute atomic E-state index is 14.2. The predicted octanol–water partition coefficient (Wildman–Crippen LogP) is 3.38. The van der Waals surface area contributed by atoms with Gasteiger partial charge in [0.15, 0.2) is 0 Å². The van der Waals surface area contributed by atoms with Gasteiger partial charge in [-0.15, -0.1) is 0 Å². The summed E-state index contributed by atoms with van der Waals surface area (Å²) in [6.07, 6.45) is 1.75. The zero-order valence-electron chi connectivity index (χ0n) is 20.8. The molecule has 1 aliphatic rings. The molecular formula is C26H33FN6O2. The normalized spacial score (nSPS) is 14.9. The van der Waals surface area contributed by atoms with Crippen molar-refractivity contribution in [3.63, 3.8) is 0 Å². The van der Waals surface area contributed by atoms with Crippen molar-refractivity contribution in [3.8, 4) is 0 Å². The van der Waals surface area contributed by atoms with Crippen LogP contribution >= 0.6 is 0 Å². The Kier molecular flexibility index (Phi) is 7.77. The Morgan fingerprint density at radius 2 is 2.00 bits per heavy atom. The lowest BCUT2D eigenvalue weighted by Gasteiger charge is -2.28. The lowest BCUT2D eigenvalue weighted by Crippen LogP contribution is -2.36. The molecule has 2 N–H and O–H groups in total. The number of halogens is 1. The lowest BCUT2D eigenvalue weighted by molar-refractivity contribution is 0.0951. The second-order valence-corrected chi connectivity index (χ2v) is 9.15. The highest BCUT2D eigenvalue weighted by molar-refractivity contribution is 5.98. The van der Waals surface area contributed by atoms with Gasteiger partial charge in [-0.1, -0.05) is 6.07 Å². The number of hydrogen-bond donors (Lipinski definition) is 2. The number of hydrogen-bond acceptors (Lipinski definition) is 7. The maximum Gasteiger partial charge on any atom is 0.251 e. The van der Waals surface area contributed by atoms with Gasteiger partial charge in [0.25, 0.3) is 5.91 Å². The second-order valence-electron chi connectivity index (χ2n) is 9.15. The molecule has 35 heavy (non-hydrogen) atoms. The minimum absolute atomic E-state index is 0.164. The molecule has 1 atom stereocenters. The Hall–Kier alpha value is -3.30. The first kappa shape index (κ1) is 24.8. The summed E-state index contributed by atoms with van der Waals surface area (Å²) in [5.74, 6) is 0.344. The van der Waals surface area contributed by atoms with Gasteiger partial charge in [0, 0.05) is 43.0 Å². The van der Waals surface area contributed by atoms with E-state index in [1.54, 1.807) is 25.3 Å². The zero-order chi connectivity index (χ0) is 24.9. The topological polar surface area (TPSA) is 82.6 Å². The predicted molar refractivity (Wildman–Crippen MR) is 137 cm³/mol. The summed E-state index contributed by atoms with van der Waals surface area (Å²) in [4.78, 5) is 26.7. The van der Waals surface area contributed by atoms with Gasteiger partial charge in [0.2, 0.25) is 0 Å². The number of likely N-dealkylation sites (N-methyl/N-ethyl adjacent to an activating group) is 1. The third-order valence-corrected chi connectivity index (χ3v) is 6.13. The van der Waals surface area contributed by atoms with Crippen molar-refractivity contribution in [2.75, 3.05) is 63.7 Å². The van der Waals surface area contributed by atoms with Crippen LogP contribution in [0.15, 0.2) is 36.5 Å². The Morgan fingerprint density at radius 3 is 2.71 bits per heavy atom. The van der Waals surface area contributed by atoms with E-state index in [-0.39, 0.29) is 17.8 Å². The summed E-state index contributed by atoms with van der Waals surface area (Å²) in [5, 5.41) is 6.33. The fourth-order valence-electron chi connectivity index (χ4n) is 4.04. The first-order valence-electron chi connectivity index (χ1n) is 11.9. The largest absolute Gasteiger partial charge is 0.378 e. The number of fused-ring (bicyclic) bond motifs is 1. The molecule has 0 bridgehead atoms.